The van der Waals surface area contributed by atoms with Crippen LogP contribution in [0.4, 0.5) is 4.39 Å². The molecular formula is C10H12BrFO3. The highest BCUT2D eigenvalue weighted by Crippen LogP contribution is 2.41. The van der Waals surface area contributed by atoms with Gasteiger partial charge < -0.3 is 14.9 Å². The van der Waals surface area contributed by atoms with E-state index in [1.165, 1.54) is 27.0 Å². The lowest BCUT2D eigenvalue weighted by Crippen LogP contribution is -2.18. The largest absolute Gasteiger partial charge is 0.504 e. The number of halogens is 2. The first-order valence-electron chi connectivity index (χ1n) is 4.26. The van der Waals surface area contributed by atoms with E-state index in [2.05, 4.69) is 15.9 Å². The third-order valence-electron chi connectivity index (χ3n) is 1.99. The number of hydrogen-bond donors (Lipinski definition) is 2. The van der Waals surface area contributed by atoms with Gasteiger partial charge in [0, 0.05) is 6.07 Å². The molecule has 5 heteroatoms. The Bertz CT molecular complexity index is 385. The van der Waals surface area contributed by atoms with Gasteiger partial charge in [-0.3, -0.25) is 0 Å². The molecule has 0 aromatic heterocycles. The highest BCUT2D eigenvalue weighted by atomic mass is 79.9. The molecule has 0 aliphatic rings. The predicted octanol–water partition coefficient (Wildman–Crippen LogP) is 2.53. The molecule has 0 aliphatic heterocycles. The minimum absolute atomic E-state index is 0.111. The van der Waals surface area contributed by atoms with Gasteiger partial charge in [-0.1, -0.05) is 0 Å². The number of methoxy groups -OCH3 is 1. The maximum Gasteiger partial charge on any atom is 0.166 e. The molecule has 0 bridgehead atoms. The van der Waals surface area contributed by atoms with Crippen molar-refractivity contribution in [1.82, 2.24) is 0 Å². The Balaban J connectivity index is 3.55. The van der Waals surface area contributed by atoms with E-state index in [1.807, 2.05) is 0 Å². The van der Waals surface area contributed by atoms with Gasteiger partial charge in [0.15, 0.2) is 11.5 Å². The van der Waals surface area contributed by atoms with Crippen LogP contribution in [0.25, 0.3) is 0 Å². The molecule has 2 N–H and O–H groups in total. The fourth-order valence-electron chi connectivity index (χ4n) is 1.31. The number of aromatic hydroxyl groups is 1. The summed E-state index contributed by atoms with van der Waals surface area (Å²) < 4.78 is 18.6. The summed E-state index contributed by atoms with van der Waals surface area (Å²) in [5, 5.41) is 19.4. The minimum Gasteiger partial charge on any atom is -0.504 e. The Hall–Kier alpha value is -0.810. The number of benzene rings is 1. The Morgan fingerprint density at radius 1 is 1.47 bits per heavy atom. The van der Waals surface area contributed by atoms with E-state index in [0.717, 1.165) is 0 Å². The number of rotatable bonds is 2. The number of phenolic OH excluding ortho intramolecular Hbond substituents is 1. The predicted molar refractivity (Wildman–Crippen MR) is 57.6 cm³/mol. The van der Waals surface area contributed by atoms with Crippen LogP contribution in [-0.2, 0) is 5.60 Å². The zero-order chi connectivity index (χ0) is 11.8. The molecule has 0 saturated carbocycles. The third-order valence-corrected chi connectivity index (χ3v) is 2.57. The molecule has 0 radical (unpaired) electrons. The van der Waals surface area contributed by atoms with Crippen LogP contribution in [0.2, 0.25) is 0 Å². The molecule has 1 rings (SSSR count). The summed E-state index contributed by atoms with van der Waals surface area (Å²) in [6.45, 7) is 2.77. The summed E-state index contributed by atoms with van der Waals surface area (Å²) in [5.74, 6) is -0.966. The van der Waals surface area contributed by atoms with Gasteiger partial charge in [0.05, 0.1) is 22.7 Å². The van der Waals surface area contributed by atoms with Crippen molar-refractivity contribution in [3.63, 3.8) is 0 Å². The van der Waals surface area contributed by atoms with E-state index < -0.39 is 11.4 Å². The van der Waals surface area contributed by atoms with Crippen LogP contribution in [-0.4, -0.2) is 17.3 Å². The van der Waals surface area contributed by atoms with Crippen LogP contribution in [0, 0.1) is 5.82 Å². The minimum atomic E-state index is -1.48. The second-order valence-corrected chi connectivity index (χ2v) is 4.51. The van der Waals surface area contributed by atoms with Gasteiger partial charge in [0.25, 0.3) is 0 Å². The van der Waals surface area contributed by atoms with Crippen molar-refractivity contribution < 1.29 is 19.3 Å². The number of ether oxygens (including phenoxy) is 1. The van der Waals surface area contributed by atoms with Gasteiger partial charge in [-0.15, -0.1) is 0 Å². The lowest BCUT2D eigenvalue weighted by molar-refractivity contribution is 0.0709. The van der Waals surface area contributed by atoms with Crippen molar-refractivity contribution in [3.05, 3.63) is 21.9 Å². The van der Waals surface area contributed by atoms with Gasteiger partial charge in [-0.2, -0.15) is 0 Å². The average molecular weight is 279 g/mol. The number of hydrogen-bond acceptors (Lipinski definition) is 3. The lowest BCUT2D eigenvalue weighted by Gasteiger charge is -2.21. The van der Waals surface area contributed by atoms with Crippen LogP contribution >= 0.6 is 15.9 Å². The first-order valence-corrected chi connectivity index (χ1v) is 5.06. The SMILES string of the molecule is COc1cc(Br)c(F)c(C(C)(C)O)c1O. The normalized spacial score (nSPS) is 11.6. The molecule has 0 heterocycles. The summed E-state index contributed by atoms with van der Waals surface area (Å²) >= 11 is 2.99. The van der Waals surface area contributed by atoms with Crippen molar-refractivity contribution in [2.45, 2.75) is 19.4 Å². The fourth-order valence-corrected chi connectivity index (χ4v) is 1.71. The molecular weight excluding hydrogens is 267 g/mol. The Morgan fingerprint density at radius 3 is 2.40 bits per heavy atom. The molecule has 0 atom stereocenters. The first-order chi connectivity index (χ1) is 6.79. The van der Waals surface area contributed by atoms with Crippen LogP contribution in [0.5, 0.6) is 11.5 Å². The van der Waals surface area contributed by atoms with E-state index in [4.69, 9.17) is 4.74 Å². The molecule has 3 nitrogen and oxygen atoms in total. The molecule has 0 saturated heterocycles. The molecule has 1 aromatic carbocycles. The molecule has 0 aliphatic carbocycles. The van der Waals surface area contributed by atoms with Crippen LogP contribution in [0.15, 0.2) is 10.5 Å². The monoisotopic (exact) mass is 278 g/mol. The smallest absolute Gasteiger partial charge is 0.166 e. The van der Waals surface area contributed by atoms with E-state index >= 15 is 0 Å². The van der Waals surface area contributed by atoms with Crippen LogP contribution in [0.1, 0.15) is 19.4 Å². The van der Waals surface area contributed by atoms with Gasteiger partial charge in [0.1, 0.15) is 5.82 Å². The zero-order valence-corrected chi connectivity index (χ0v) is 10.2. The Morgan fingerprint density at radius 2 is 2.00 bits per heavy atom. The summed E-state index contributed by atoms with van der Waals surface area (Å²) in [6, 6.07) is 1.31. The van der Waals surface area contributed by atoms with E-state index in [9.17, 15) is 14.6 Å². The summed E-state index contributed by atoms with van der Waals surface area (Å²) in [6.07, 6.45) is 0. The zero-order valence-electron chi connectivity index (χ0n) is 8.64. The van der Waals surface area contributed by atoms with Gasteiger partial charge in [0.2, 0.25) is 0 Å². The molecule has 1 aromatic rings. The van der Waals surface area contributed by atoms with Crippen molar-refractivity contribution in [2.24, 2.45) is 0 Å². The summed E-state index contributed by atoms with van der Waals surface area (Å²) in [7, 11) is 1.35. The maximum absolute atomic E-state index is 13.7. The second kappa shape index (κ2) is 3.98. The topological polar surface area (TPSA) is 49.7 Å². The maximum atomic E-state index is 13.7. The van der Waals surface area contributed by atoms with Gasteiger partial charge in [-0.05, 0) is 29.8 Å². The van der Waals surface area contributed by atoms with Crippen molar-refractivity contribution >= 4 is 15.9 Å². The Labute approximate surface area is 95.6 Å². The van der Waals surface area contributed by atoms with Gasteiger partial charge >= 0.3 is 0 Å². The lowest BCUT2D eigenvalue weighted by atomic mass is 9.96. The van der Waals surface area contributed by atoms with Crippen molar-refractivity contribution in [2.75, 3.05) is 7.11 Å². The molecule has 84 valence electrons. The molecule has 0 fully saturated rings. The van der Waals surface area contributed by atoms with E-state index in [0.29, 0.717) is 0 Å². The number of phenols is 1. The fraction of sp³-hybridized carbons (Fsp3) is 0.400. The Kier molecular flexibility index (Phi) is 3.25. The first kappa shape index (κ1) is 12.3. The van der Waals surface area contributed by atoms with Gasteiger partial charge in [-0.25, -0.2) is 4.39 Å². The molecule has 0 amide bonds. The second-order valence-electron chi connectivity index (χ2n) is 3.66. The quantitative estimate of drug-likeness (QED) is 0.874. The van der Waals surface area contributed by atoms with Crippen molar-refractivity contribution in [1.29, 1.82) is 0 Å². The van der Waals surface area contributed by atoms with Crippen LogP contribution in [0.3, 0.4) is 0 Å². The highest BCUT2D eigenvalue weighted by molar-refractivity contribution is 9.10. The molecule has 15 heavy (non-hydrogen) atoms. The van der Waals surface area contributed by atoms with E-state index in [-0.39, 0.29) is 21.5 Å². The third kappa shape index (κ3) is 2.23. The number of aliphatic hydroxyl groups is 1. The standard InChI is InChI=1S/C10H12BrFO3/c1-10(2,14)7-8(12)5(11)4-6(15-3)9(7)13/h4,13-14H,1-3H3. The summed E-state index contributed by atoms with van der Waals surface area (Å²) in [5.41, 5.74) is -1.67. The highest BCUT2D eigenvalue weighted by Gasteiger charge is 2.28. The summed E-state index contributed by atoms with van der Waals surface area (Å²) in [4.78, 5) is 0. The van der Waals surface area contributed by atoms with E-state index in [1.54, 1.807) is 0 Å². The van der Waals surface area contributed by atoms with Crippen LogP contribution < -0.4 is 4.74 Å². The average Bonchev–Trinajstić information content (AvgIpc) is 2.09. The molecule has 0 spiro atoms. The van der Waals surface area contributed by atoms with Crippen molar-refractivity contribution in [3.8, 4) is 11.5 Å². The molecule has 0 unspecified atom stereocenters.